The summed E-state index contributed by atoms with van der Waals surface area (Å²) in [7, 11) is 0. The van der Waals surface area contributed by atoms with Gasteiger partial charge in [0.25, 0.3) is 0 Å². The topological polar surface area (TPSA) is 52.6 Å². The highest BCUT2D eigenvalue weighted by molar-refractivity contribution is 6.32. The van der Waals surface area contributed by atoms with E-state index in [1.807, 2.05) is 0 Å². The minimum Gasteiger partial charge on any atom is -0.459 e. The molecule has 0 aliphatic heterocycles. The zero-order valence-corrected chi connectivity index (χ0v) is 12.5. The van der Waals surface area contributed by atoms with E-state index >= 15 is 0 Å². The van der Waals surface area contributed by atoms with Crippen molar-refractivity contribution in [2.45, 2.75) is 31.6 Å². The predicted octanol–water partition coefficient (Wildman–Crippen LogP) is 3.86. The number of para-hydroxylation sites is 1. The van der Waals surface area contributed by atoms with E-state index in [1.54, 1.807) is 12.1 Å². The summed E-state index contributed by atoms with van der Waals surface area (Å²) >= 11 is 5.78. The lowest BCUT2D eigenvalue weighted by molar-refractivity contribution is -0.179. The van der Waals surface area contributed by atoms with Crippen LogP contribution in [0.15, 0.2) is 24.3 Å². The maximum atomic E-state index is 12.5. The van der Waals surface area contributed by atoms with Gasteiger partial charge in [-0.15, -0.1) is 0 Å². The van der Waals surface area contributed by atoms with Crippen molar-refractivity contribution < 1.29 is 36.6 Å². The minimum absolute atomic E-state index is 0.0393. The summed E-state index contributed by atoms with van der Waals surface area (Å²) in [6.07, 6.45) is -4.52. The number of halogens is 5. The molecule has 0 saturated carbocycles. The Labute approximate surface area is 134 Å². The van der Waals surface area contributed by atoms with Gasteiger partial charge in [-0.3, -0.25) is 9.59 Å². The lowest BCUT2D eigenvalue weighted by Crippen LogP contribution is -2.33. The van der Waals surface area contributed by atoms with Crippen molar-refractivity contribution in [2.75, 3.05) is 6.61 Å². The summed E-state index contributed by atoms with van der Waals surface area (Å²) in [6, 6.07) is 6.24. The molecule has 0 atom stereocenters. The molecule has 1 rings (SSSR count). The lowest BCUT2D eigenvalue weighted by Gasteiger charge is -2.14. The summed E-state index contributed by atoms with van der Waals surface area (Å²) in [5, 5.41) is 0.231. The number of benzene rings is 1. The van der Waals surface area contributed by atoms with Crippen LogP contribution >= 0.6 is 11.6 Å². The van der Waals surface area contributed by atoms with E-state index in [2.05, 4.69) is 4.74 Å². The van der Waals surface area contributed by atoms with Crippen LogP contribution in [0, 0.1) is 0 Å². The van der Waals surface area contributed by atoms with Crippen LogP contribution in [-0.4, -0.2) is 30.9 Å². The van der Waals surface area contributed by atoms with E-state index in [-0.39, 0.29) is 30.0 Å². The molecule has 128 valence electrons. The molecule has 0 aliphatic carbocycles. The molecule has 9 heteroatoms. The third kappa shape index (κ3) is 6.85. The maximum Gasteiger partial charge on any atom is 0.340 e. The number of carbonyl (C=O) groups excluding carboxylic acids is 2. The van der Waals surface area contributed by atoms with Gasteiger partial charge in [-0.1, -0.05) is 23.7 Å². The normalized spacial score (nSPS) is 11.4. The summed E-state index contributed by atoms with van der Waals surface area (Å²) in [6.45, 7) is -1.70. The zero-order chi connectivity index (χ0) is 17.5. The van der Waals surface area contributed by atoms with Gasteiger partial charge in [0.15, 0.2) is 6.61 Å². The number of alkyl halides is 4. The molecular formula is C14H13ClF4O4. The van der Waals surface area contributed by atoms with Crippen molar-refractivity contribution in [1.82, 2.24) is 0 Å². The Balaban J connectivity index is 2.27. The maximum absolute atomic E-state index is 12.5. The number of esters is 2. The Bertz CT molecular complexity index is 551. The third-order valence-electron chi connectivity index (χ3n) is 2.57. The van der Waals surface area contributed by atoms with Crippen molar-refractivity contribution >= 4 is 23.5 Å². The first-order valence-corrected chi connectivity index (χ1v) is 6.87. The van der Waals surface area contributed by atoms with Gasteiger partial charge in [-0.2, -0.15) is 8.78 Å². The van der Waals surface area contributed by atoms with Crippen LogP contribution in [0.1, 0.15) is 19.3 Å². The Morgan fingerprint density at radius 3 is 2.35 bits per heavy atom. The van der Waals surface area contributed by atoms with Gasteiger partial charge in [-0.25, -0.2) is 8.78 Å². The van der Waals surface area contributed by atoms with Crippen LogP contribution < -0.4 is 4.74 Å². The highest BCUT2D eigenvalue weighted by Crippen LogP contribution is 2.24. The molecule has 0 bridgehead atoms. The standard InChI is InChI=1S/C14H13ClF4O4/c15-9-4-1-2-5-10(9)23-12(21)7-3-6-11(20)22-8-14(18,19)13(16)17/h1-2,4-5,13H,3,6-8H2. The van der Waals surface area contributed by atoms with Gasteiger partial charge in [0, 0.05) is 12.8 Å². The van der Waals surface area contributed by atoms with Gasteiger partial charge in [0.2, 0.25) is 0 Å². The third-order valence-corrected chi connectivity index (χ3v) is 2.88. The fourth-order valence-corrected chi connectivity index (χ4v) is 1.56. The highest BCUT2D eigenvalue weighted by Gasteiger charge is 2.42. The molecule has 0 radical (unpaired) electrons. The van der Waals surface area contributed by atoms with Crippen LogP contribution in [-0.2, 0) is 14.3 Å². The van der Waals surface area contributed by atoms with Crippen LogP contribution in [0.4, 0.5) is 17.6 Å². The van der Waals surface area contributed by atoms with Gasteiger partial charge < -0.3 is 9.47 Å². The highest BCUT2D eigenvalue weighted by atomic mass is 35.5. The molecule has 23 heavy (non-hydrogen) atoms. The summed E-state index contributed by atoms with van der Waals surface area (Å²) in [4.78, 5) is 22.6. The van der Waals surface area contributed by atoms with Crippen molar-refractivity contribution in [3.05, 3.63) is 29.3 Å². The summed E-state index contributed by atoms with van der Waals surface area (Å²) in [5.74, 6) is -6.02. The second-order valence-corrected chi connectivity index (χ2v) is 4.89. The second-order valence-electron chi connectivity index (χ2n) is 4.48. The van der Waals surface area contributed by atoms with Crippen LogP contribution in [0.5, 0.6) is 5.75 Å². The molecule has 0 heterocycles. The predicted molar refractivity (Wildman–Crippen MR) is 72.8 cm³/mol. The molecule has 0 unspecified atom stereocenters. The average Bonchev–Trinajstić information content (AvgIpc) is 2.47. The molecular weight excluding hydrogens is 344 g/mol. The van der Waals surface area contributed by atoms with Gasteiger partial charge in [0.05, 0.1) is 5.02 Å². The SMILES string of the molecule is O=C(CCCC(=O)Oc1ccccc1Cl)OCC(F)(F)C(F)F. The quantitative estimate of drug-likeness (QED) is 0.403. The Kier molecular flexibility index (Phi) is 7.28. The average molecular weight is 357 g/mol. The molecule has 0 fully saturated rings. The molecule has 0 aromatic heterocycles. The molecule has 0 N–H and O–H groups in total. The first-order valence-electron chi connectivity index (χ1n) is 6.49. The molecule has 0 saturated heterocycles. The largest absolute Gasteiger partial charge is 0.459 e. The van der Waals surface area contributed by atoms with Gasteiger partial charge >= 0.3 is 24.3 Å². The van der Waals surface area contributed by atoms with E-state index in [9.17, 15) is 27.2 Å². The second kappa shape index (κ2) is 8.71. The number of carbonyl (C=O) groups is 2. The van der Waals surface area contributed by atoms with Crippen molar-refractivity contribution in [2.24, 2.45) is 0 Å². The zero-order valence-electron chi connectivity index (χ0n) is 11.7. The fourth-order valence-electron chi connectivity index (χ4n) is 1.39. The van der Waals surface area contributed by atoms with E-state index < -0.39 is 30.9 Å². The Hall–Kier alpha value is -1.83. The molecule has 1 aromatic carbocycles. The number of hydrogen-bond acceptors (Lipinski definition) is 4. The van der Waals surface area contributed by atoms with Crippen LogP contribution in [0.2, 0.25) is 5.02 Å². The summed E-state index contributed by atoms with van der Waals surface area (Å²) in [5.41, 5.74) is 0. The molecule has 1 aromatic rings. The molecule has 0 spiro atoms. The monoisotopic (exact) mass is 356 g/mol. The van der Waals surface area contributed by atoms with Crippen LogP contribution in [0.25, 0.3) is 0 Å². The van der Waals surface area contributed by atoms with Crippen molar-refractivity contribution in [1.29, 1.82) is 0 Å². The molecule has 4 nitrogen and oxygen atoms in total. The number of hydrogen-bond donors (Lipinski definition) is 0. The number of ether oxygens (including phenoxy) is 2. The van der Waals surface area contributed by atoms with E-state index in [0.717, 1.165) is 0 Å². The van der Waals surface area contributed by atoms with Crippen LogP contribution in [0.3, 0.4) is 0 Å². The molecule has 0 aliphatic rings. The number of rotatable bonds is 8. The van der Waals surface area contributed by atoms with E-state index in [0.29, 0.717) is 0 Å². The van der Waals surface area contributed by atoms with Crippen molar-refractivity contribution in [3.8, 4) is 5.75 Å². The van der Waals surface area contributed by atoms with E-state index in [1.165, 1.54) is 12.1 Å². The lowest BCUT2D eigenvalue weighted by atomic mass is 10.2. The van der Waals surface area contributed by atoms with Crippen molar-refractivity contribution in [3.63, 3.8) is 0 Å². The minimum atomic E-state index is -4.39. The van der Waals surface area contributed by atoms with E-state index in [4.69, 9.17) is 16.3 Å². The first kappa shape index (κ1) is 19.2. The molecule has 0 amide bonds. The smallest absolute Gasteiger partial charge is 0.340 e. The summed E-state index contributed by atoms with van der Waals surface area (Å²) < 4.78 is 57.7. The van der Waals surface area contributed by atoms with Gasteiger partial charge in [-0.05, 0) is 18.6 Å². The Morgan fingerprint density at radius 2 is 1.74 bits per heavy atom. The fraction of sp³-hybridized carbons (Fsp3) is 0.429. The first-order chi connectivity index (χ1) is 10.7. The Morgan fingerprint density at radius 1 is 1.13 bits per heavy atom. The van der Waals surface area contributed by atoms with Gasteiger partial charge in [0.1, 0.15) is 5.75 Å².